The minimum absolute atomic E-state index is 0.0256. The molecule has 0 saturated heterocycles. The molecule has 0 aliphatic heterocycles. The summed E-state index contributed by atoms with van der Waals surface area (Å²) in [5, 5.41) is 3.13. The van der Waals surface area contributed by atoms with Gasteiger partial charge in [0.15, 0.2) is 11.5 Å². The van der Waals surface area contributed by atoms with E-state index in [9.17, 15) is 4.79 Å². The van der Waals surface area contributed by atoms with Crippen LogP contribution in [0.1, 0.15) is 59.6 Å². The summed E-state index contributed by atoms with van der Waals surface area (Å²) in [5.74, 6) is 1.69. The maximum Gasteiger partial charge on any atom is 0.247 e. The average molecular weight is 333 g/mol. The van der Waals surface area contributed by atoms with Gasteiger partial charge in [0.25, 0.3) is 0 Å². The summed E-state index contributed by atoms with van der Waals surface area (Å²) in [5.41, 5.74) is 1.77. The molecule has 24 heavy (non-hydrogen) atoms. The normalized spacial score (nSPS) is 12.9. The standard InChI is InChI=1S/C20H31NO3/c1-7-10-15(6)20(22)21-19(14(4)5)16-11-12-17(23-8-2)18(13-16)24-9-3/h10-14,19H,7-9H2,1-6H3,(H,21,22)/b15-10+. The van der Waals surface area contributed by atoms with Gasteiger partial charge in [-0.1, -0.05) is 32.9 Å². The Hall–Kier alpha value is -1.97. The lowest BCUT2D eigenvalue weighted by atomic mass is 9.95. The summed E-state index contributed by atoms with van der Waals surface area (Å²) >= 11 is 0. The highest BCUT2D eigenvalue weighted by molar-refractivity contribution is 5.93. The van der Waals surface area contributed by atoms with E-state index in [-0.39, 0.29) is 17.9 Å². The fraction of sp³-hybridized carbons (Fsp3) is 0.550. The zero-order chi connectivity index (χ0) is 18.1. The second kappa shape index (κ2) is 10.0. The van der Waals surface area contributed by atoms with Gasteiger partial charge in [-0.25, -0.2) is 0 Å². The number of amides is 1. The Kier molecular flexibility index (Phi) is 8.37. The molecule has 0 aliphatic carbocycles. The topological polar surface area (TPSA) is 47.6 Å². The summed E-state index contributed by atoms with van der Waals surface area (Å²) in [6.07, 6.45) is 2.79. The van der Waals surface area contributed by atoms with E-state index >= 15 is 0 Å². The predicted octanol–water partition coefficient (Wildman–Crippen LogP) is 4.65. The highest BCUT2D eigenvalue weighted by atomic mass is 16.5. The van der Waals surface area contributed by atoms with Crippen molar-refractivity contribution in [1.82, 2.24) is 5.32 Å². The molecule has 0 bridgehead atoms. The van der Waals surface area contributed by atoms with Crippen LogP contribution < -0.4 is 14.8 Å². The molecule has 0 spiro atoms. The van der Waals surface area contributed by atoms with Crippen LogP contribution in [-0.2, 0) is 4.79 Å². The van der Waals surface area contributed by atoms with Crippen molar-refractivity contribution in [2.45, 2.75) is 54.0 Å². The molecular formula is C20H31NO3. The van der Waals surface area contributed by atoms with Crippen molar-refractivity contribution in [1.29, 1.82) is 0 Å². The fourth-order valence-corrected chi connectivity index (χ4v) is 2.55. The Balaban J connectivity index is 3.10. The number of allylic oxidation sites excluding steroid dienone is 1. The second-order valence-electron chi connectivity index (χ2n) is 6.06. The lowest BCUT2D eigenvalue weighted by molar-refractivity contribution is -0.118. The van der Waals surface area contributed by atoms with Gasteiger partial charge >= 0.3 is 0 Å². The molecule has 1 N–H and O–H groups in total. The molecule has 0 saturated carbocycles. The quantitative estimate of drug-likeness (QED) is 0.669. The third-order valence-corrected chi connectivity index (χ3v) is 3.75. The van der Waals surface area contributed by atoms with Crippen LogP contribution in [0, 0.1) is 5.92 Å². The fourth-order valence-electron chi connectivity index (χ4n) is 2.55. The first-order valence-electron chi connectivity index (χ1n) is 8.81. The van der Waals surface area contributed by atoms with Crippen molar-refractivity contribution >= 4 is 5.91 Å². The molecule has 1 aromatic rings. The molecule has 0 fully saturated rings. The van der Waals surface area contributed by atoms with Gasteiger partial charge in [0, 0.05) is 5.57 Å². The van der Waals surface area contributed by atoms with Crippen molar-refractivity contribution in [3.8, 4) is 11.5 Å². The first-order chi connectivity index (χ1) is 11.4. The minimum Gasteiger partial charge on any atom is -0.490 e. The number of rotatable bonds is 9. The highest BCUT2D eigenvalue weighted by Gasteiger charge is 2.20. The number of nitrogens with one attached hydrogen (secondary N) is 1. The van der Waals surface area contributed by atoms with Crippen LogP contribution in [0.5, 0.6) is 11.5 Å². The van der Waals surface area contributed by atoms with Crippen LogP contribution in [0.3, 0.4) is 0 Å². The van der Waals surface area contributed by atoms with E-state index in [0.29, 0.717) is 13.2 Å². The largest absolute Gasteiger partial charge is 0.490 e. The van der Waals surface area contributed by atoms with E-state index in [4.69, 9.17) is 9.47 Å². The molecule has 0 aromatic heterocycles. The van der Waals surface area contributed by atoms with Gasteiger partial charge in [0.1, 0.15) is 0 Å². The van der Waals surface area contributed by atoms with E-state index in [0.717, 1.165) is 29.1 Å². The molecule has 4 nitrogen and oxygen atoms in total. The van der Waals surface area contributed by atoms with Crippen LogP contribution in [0.2, 0.25) is 0 Å². The lowest BCUT2D eigenvalue weighted by Crippen LogP contribution is -2.32. The Labute approximate surface area is 146 Å². The Morgan fingerprint density at radius 2 is 1.75 bits per heavy atom. The van der Waals surface area contributed by atoms with Crippen molar-refractivity contribution in [2.75, 3.05) is 13.2 Å². The molecule has 1 atom stereocenters. The Morgan fingerprint density at radius 3 is 2.29 bits per heavy atom. The van der Waals surface area contributed by atoms with Crippen LogP contribution in [0.15, 0.2) is 29.8 Å². The van der Waals surface area contributed by atoms with Gasteiger partial charge in [-0.3, -0.25) is 4.79 Å². The second-order valence-corrected chi connectivity index (χ2v) is 6.06. The van der Waals surface area contributed by atoms with Crippen LogP contribution in [0.25, 0.3) is 0 Å². The lowest BCUT2D eigenvalue weighted by Gasteiger charge is -2.24. The molecule has 0 aliphatic rings. The first-order valence-corrected chi connectivity index (χ1v) is 8.81. The van der Waals surface area contributed by atoms with E-state index < -0.39 is 0 Å². The predicted molar refractivity (Wildman–Crippen MR) is 98.5 cm³/mol. The van der Waals surface area contributed by atoms with Crippen LogP contribution in [-0.4, -0.2) is 19.1 Å². The van der Waals surface area contributed by atoms with Gasteiger partial charge in [-0.2, -0.15) is 0 Å². The van der Waals surface area contributed by atoms with E-state index in [2.05, 4.69) is 19.2 Å². The molecule has 0 radical (unpaired) electrons. The third kappa shape index (κ3) is 5.59. The molecule has 4 heteroatoms. The van der Waals surface area contributed by atoms with E-state index in [1.807, 2.05) is 52.0 Å². The van der Waals surface area contributed by atoms with Gasteiger partial charge in [-0.05, 0) is 50.8 Å². The highest BCUT2D eigenvalue weighted by Crippen LogP contribution is 2.33. The number of carbonyl (C=O) groups is 1. The van der Waals surface area contributed by atoms with Crippen molar-refractivity contribution in [3.63, 3.8) is 0 Å². The first kappa shape index (κ1) is 20.1. The number of carbonyl (C=O) groups excluding carboxylic acids is 1. The molecule has 134 valence electrons. The summed E-state index contributed by atoms with van der Waals surface area (Å²) in [4.78, 5) is 12.4. The van der Waals surface area contributed by atoms with E-state index in [1.54, 1.807) is 0 Å². The van der Waals surface area contributed by atoms with Gasteiger partial charge in [0.2, 0.25) is 5.91 Å². The summed E-state index contributed by atoms with van der Waals surface area (Å²) in [6.45, 7) is 13.1. The van der Waals surface area contributed by atoms with Crippen LogP contribution in [0.4, 0.5) is 0 Å². The number of hydrogen-bond acceptors (Lipinski definition) is 3. The minimum atomic E-state index is -0.0763. The summed E-state index contributed by atoms with van der Waals surface area (Å²) in [6, 6.07) is 5.81. The Bertz CT molecular complexity index is 564. The zero-order valence-corrected chi connectivity index (χ0v) is 15.8. The molecule has 1 unspecified atom stereocenters. The zero-order valence-electron chi connectivity index (χ0n) is 15.8. The molecule has 1 amide bonds. The number of ether oxygens (including phenoxy) is 2. The average Bonchev–Trinajstić information content (AvgIpc) is 2.54. The summed E-state index contributed by atoms with van der Waals surface area (Å²) in [7, 11) is 0. The molecule has 1 rings (SSSR count). The van der Waals surface area contributed by atoms with Gasteiger partial charge in [0.05, 0.1) is 19.3 Å². The third-order valence-electron chi connectivity index (χ3n) is 3.75. The molecule has 0 heterocycles. The smallest absolute Gasteiger partial charge is 0.247 e. The van der Waals surface area contributed by atoms with Crippen molar-refractivity contribution < 1.29 is 14.3 Å². The van der Waals surface area contributed by atoms with Crippen molar-refractivity contribution in [2.24, 2.45) is 5.92 Å². The van der Waals surface area contributed by atoms with Gasteiger partial charge < -0.3 is 14.8 Å². The number of benzene rings is 1. The van der Waals surface area contributed by atoms with Gasteiger partial charge in [-0.15, -0.1) is 0 Å². The number of hydrogen-bond donors (Lipinski definition) is 1. The maximum absolute atomic E-state index is 12.4. The van der Waals surface area contributed by atoms with Crippen LogP contribution >= 0.6 is 0 Å². The Morgan fingerprint density at radius 1 is 1.12 bits per heavy atom. The summed E-state index contributed by atoms with van der Waals surface area (Å²) < 4.78 is 11.3. The molecular weight excluding hydrogens is 302 g/mol. The molecule has 1 aromatic carbocycles. The SMILES string of the molecule is CC/C=C(\C)C(=O)NC(c1ccc(OCC)c(OCC)c1)C(C)C. The monoisotopic (exact) mass is 333 g/mol. The van der Waals surface area contributed by atoms with Crippen molar-refractivity contribution in [3.05, 3.63) is 35.4 Å². The maximum atomic E-state index is 12.4. The van der Waals surface area contributed by atoms with E-state index in [1.165, 1.54) is 0 Å².